The van der Waals surface area contributed by atoms with Gasteiger partial charge in [0.2, 0.25) is 0 Å². The molecule has 1 N–H and O–H groups in total. The molecule has 0 aromatic carbocycles. The van der Waals surface area contributed by atoms with E-state index in [1.54, 1.807) is 0 Å². The molecule has 0 aromatic heterocycles. The molecular weight excluding hydrogens is 256 g/mol. The van der Waals surface area contributed by atoms with Gasteiger partial charge in [0.15, 0.2) is 0 Å². The third-order valence-electron chi connectivity index (χ3n) is 4.10. The van der Waals surface area contributed by atoms with Gasteiger partial charge in [-0.3, -0.25) is 9.69 Å². The number of rotatable bonds is 7. The van der Waals surface area contributed by atoms with Gasteiger partial charge >= 0.3 is 5.97 Å². The summed E-state index contributed by atoms with van der Waals surface area (Å²) < 4.78 is 10.5. The smallest absolute Gasteiger partial charge is 0.325 e. The molecule has 1 rings (SSSR count). The van der Waals surface area contributed by atoms with Crippen LogP contribution in [0.3, 0.4) is 0 Å². The van der Waals surface area contributed by atoms with Crippen molar-refractivity contribution in [2.75, 3.05) is 40.0 Å². The van der Waals surface area contributed by atoms with E-state index < -0.39 is 5.54 Å². The summed E-state index contributed by atoms with van der Waals surface area (Å²) in [5.74, 6) is -0.183. The predicted octanol–water partition coefficient (Wildman–Crippen LogP) is 1.42. The minimum atomic E-state index is -0.612. The van der Waals surface area contributed by atoms with E-state index in [0.29, 0.717) is 0 Å². The van der Waals surface area contributed by atoms with E-state index in [1.807, 2.05) is 6.92 Å². The minimum Gasteiger partial charge on any atom is -0.468 e. The van der Waals surface area contributed by atoms with Gasteiger partial charge in [-0.2, -0.15) is 0 Å². The summed E-state index contributed by atoms with van der Waals surface area (Å²) >= 11 is 0. The van der Waals surface area contributed by atoms with Gasteiger partial charge in [0.25, 0.3) is 0 Å². The van der Waals surface area contributed by atoms with Crippen molar-refractivity contribution in [1.82, 2.24) is 10.2 Å². The molecule has 1 saturated heterocycles. The normalized spacial score (nSPS) is 22.2. The zero-order valence-corrected chi connectivity index (χ0v) is 13.6. The van der Waals surface area contributed by atoms with Gasteiger partial charge in [-0.05, 0) is 40.2 Å². The number of hydrogen-bond donors (Lipinski definition) is 1. The minimum absolute atomic E-state index is 0.0278. The molecule has 118 valence electrons. The van der Waals surface area contributed by atoms with Crippen LogP contribution >= 0.6 is 0 Å². The van der Waals surface area contributed by atoms with Crippen LogP contribution in [0.15, 0.2) is 0 Å². The first kappa shape index (κ1) is 17.4. The van der Waals surface area contributed by atoms with E-state index in [4.69, 9.17) is 9.47 Å². The molecule has 1 unspecified atom stereocenters. The van der Waals surface area contributed by atoms with Gasteiger partial charge in [-0.25, -0.2) is 0 Å². The Morgan fingerprint density at radius 1 is 1.50 bits per heavy atom. The van der Waals surface area contributed by atoms with Crippen molar-refractivity contribution in [3.05, 3.63) is 0 Å². The van der Waals surface area contributed by atoms with E-state index >= 15 is 0 Å². The lowest BCUT2D eigenvalue weighted by molar-refractivity contribution is -0.148. The largest absolute Gasteiger partial charge is 0.468 e. The van der Waals surface area contributed by atoms with Crippen LogP contribution in [0.1, 0.15) is 40.5 Å². The van der Waals surface area contributed by atoms with Gasteiger partial charge < -0.3 is 14.8 Å². The second-order valence-corrected chi connectivity index (χ2v) is 6.35. The highest BCUT2D eigenvalue weighted by Crippen LogP contribution is 2.22. The topological polar surface area (TPSA) is 50.8 Å². The number of nitrogens with one attached hydrogen (secondary N) is 1. The van der Waals surface area contributed by atoms with Crippen molar-refractivity contribution in [2.24, 2.45) is 0 Å². The zero-order valence-electron chi connectivity index (χ0n) is 13.6. The Hall–Kier alpha value is -0.650. The number of hydrogen-bond acceptors (Lipinski definition) is 5. The second-order valence-electron chi connectivity index (χ2n) is 6.35. The fourth-order valence-electron chi connectivity index (χ4n) is 2.55. The van der Waals surface area contributed by atoms with Crippen LogP contribution in [0.4, 0.5) is 0 Å². The Bertz CT molecular complexity index is 320. The third-order valence-corrected chi connectivity index (χ3v) is 4.10. The first-order chi connectivity index (χ1) is 9.35. The maximum Gasteiger partial charge on any atom is 0.325 e. The molecule has 1 aliphatic rings. The summed E-state index contributed by atoms with van der Waals surface area (Å²) in [5.41, 5.74) is -0.584. The van der Waals surface area contributed by atoms with Crippen LogP contribution in [0.5, 0.6) is 0 Å². The number of morpholine rings is 1. The Morgan fingerprint density at radius 3 is 2.75 bits per heavy atom. The quantitative estimate of drug-likeness (QED) is 0.717. The van der Waals surface area contributed by atoms with Gasteiger partial charge in [0.1, 0.15) is 5.54 Å². The summed E-state index contributed by atoms with van der Waals surface area (Å²) in [6.45, 7) is 12.5. The number of esters is 1. The summed E-state index contributed by atoms with van der Waals surface area (Å²) in [6.07, 6.45) is 1.73. The molecule has 1 fully saturated rings. The summed E-state index contributed by atoms with van der Waals surface area (Å²) in [4.78, 5) is 14.4. The molecule has 1 atom stereocenters. The maximum absolute atomic E-state index is 12.0. The molecule has 0 radical (unpaired) electrons. The Balaban J connectivity index is 2.63. The molecule has 5 heteroatoms. The van der Waals surface area contributed by atoms with E-state index in [-0.39, 0.29) is 11.5 Å². The van der Waals surface area contributed by atoms with Gasteiger partial charge in [0, 0.05) is 18.6 Å². The first-order valence-corrected chi connectivity index (χ1v) is 7.52. The zero-order chi connectivity index (χ0) is 15.2. The van der Waals surface area contributed by atoms with Crippen LogP contribution in [0.2, 0.25) is 0 Å². The van der Waals surface area contributed by atoms with Crippen molar-refractivity contribution >= 4 is 5.97 Å². The second kappa shape index (κ2) is 7.38. The molecule has 0 aliphatic carbocycles. The van der Waals surface area contributed by atoms with E-state index in [0.717, 1.165) is 45.7 Å². The molecule has 0 amide bonds. The van der Waals surface area contributed by atoms with Gasteiger partial charge in [-0.15, -0.1) is 0 Å². The maximum atomic E-state index is 12.0. The lowest BCUT2D eigenvalue weighted by Crippen LogP contribution is -2.57. The summed E-state index contributed by atoms with van der Waals surface area (Å²) in [5, 5.41) is 3.33. The van der Waals surface area contributed by atoms with Crippen LogP contribution in [-0.4, -0.2) is 61.9 Å². The number of carbonyl (C=O) groups is 1. The van der Waals surface area contributed by atoms with Crippen LogP contribution < -0.4 is 5.32 Å². The molecule has 1 heterocycles. The molecule has 0 bridgehead atoms. The summed E-state index contributed by atoms with van der Waals surface area (Å²) in [6, 6.07) is 0. The fourth-order valence-corrected chi connectivity index (χ4v) is 2.55. The fraction of sp³-hybridized carbons (Fsp3) is 0.933. The van der Waals surface area contributed by atoms with Crippen molar-refractivity contribution in [2.45, 2.75) is 51.6 Å². The van der Waals surface area contributed by atoms with Crippen LogP contribution in [0.25, 0.3) is 0 Å². The highest BCUT2D eigenvalue weighted by atomic mass is 16.5. The van der Waals surface area contributed by atoms with E-state index in [2.05, 4.69) is 31.0 Å². The highest BCUT2D eigenvalue weighted by molar-refractivity contribution is 5.80. The average molecular weight is 286 g/mol. The Morgan fingerprint density at radius 2 is 2.20 bits per heavy atom. The average Bonchev–Trinajstić information content (AvgIpc) is 2.42. The third kappa shape index (κ3) is 4.43. The van der Waals surface area contributed by atoms with Crippen molar-refractivity contribution in [3.63, 3.8) is 0 Å². The van der Waals surface area contributed by atoms with Gasteiger partial charge in [0.05, 0.1) is 20.3 Å². The van der Waals surface area contributed by atoms with Crippen molar-refractivity contribution in [3.8, 4) is 0 Å². The Kier molecular flexibility index (Phi) is 6.43. The first-order valence-electron chi connectivity index (χ1n) is 7.52. The van der Waals surface area contributed by atoms with E-state index in [9.17, 15) is 4.79 Å². The standard InChI is InChI=1S/C15H30N2O3/c1-6-8-16-15(4,13(18)19-5)7-9-17-10-11-20-12-14(17,2)3/h16H,6-12H2,1-5H3. The predicted molar refractivity (Wildman–Crippen MR) is 79.8 cm³/mol. The van der Waals surface area contributed by atoms with Gasteiger partial charge in [-0.1, -0.05) is 6.92 Å². The lowest BCUT2D eigenvalue weighted by atomic mass is 9.94. The molecule has 0 spiro atoms. The number of methoxy groups -OCH3 is 1. The Labute approximate surface area is 123 Å². The summed E-state index contributed by atoms with van der Waals surface area (Å²) in [7, 11) is 1.45. The SMILES string of the molecule is CCCNC(C)(CCN1CCOCC1(C)C)C(=O)OC. The van der Waals surface area contributed by atoms with E-state index in [1.165, 1.54) is 7.11 Å². The number of carbonyl (C=O) groups excluding carboxylic acids is 1. The van der Waals surface area contributed by atoms with Crippen LogP contribution in [-0.2, 0) is 14.3 Å². The van der Waals surface area contributed by atoms with Crippen molar-refractivity contribution < 1.29 is 14.3 Å². The molecule has 0 saturated carbocycles. The molecule has 5 nitrogen and oxygen atoms in total. The molecular formula is C15H30N2O3. The molecule has 1 aliphatic heterocycles. The molecule has 20 heavy (non-hydrogen) atoms. The highest BCUT2D eigenvalue weighted by Gasteiger charge is 2.37. The number of nitrogens with zero attached hydrogens (tertiary/aromatic N) is 1. The lowest BCUT2D eigenvalue weighted by Gasteiger charge is -2.43. The van der Waals surface area contributed by atoms with Crippen LogP contribution in [0, 0.1) is 0 Å². The van der Waals surface area contributed by atoms with Crippen molar-refractivity contribution in [1.29, 1.82) is 0 Å². The molecule has 0 aromatic rings. The number of ether oxygens (including phenoxy) is 2. The monoisotopic (exact) mass is 286 g/mol.